The van der Waals surface area contributed by atoms with Gasteiger partial charge in [0.05, 0.1) is 16.3 Å². The van der Waals surface area contributed by atoms with Gasteiger partial charge in [0, 0.05) is 5.69 Å². The number of carbonyl (C=O) groups excluding carboxylic acids is 1. The maximum absolute atomic E-state index is 13.0. The van der Waals surface area contributed by atoms with E-state index in [-0.39, 0.29) is 16.0 Å². The molecule has 2 aromatic carbocycles. The van der Waals surface area contributed by atoms with Crippen LogP contribution in [0.5, 0.6) is 0 Å². The Kier molecular flexibility index (Phi) is 7.44. The molecule has 1 unspecified atom stereocenters. The number of carbonyl (C=O) groups is 1. The SMILES string of the molecule is CCC(Sc1ncc(S(=O)(=O)c2ccc(C)cc2C)c(=O)[nH]1)C(=O)Nc1ccc(C)c(C)c1. The Balaban J connectivity index is 1.81. The molecule has 9 heteroatoms. The van der Waals surface area contributed by atoms with Crippen molar-refractivity contribution in [2.24, 2.45) is 0 Å². The van der Waals surface area contributed by atoms with E-state index in [4.69, 9.17) is 0 Å². The first kappa shape index (κ1) is 24.7. The number of benzene rings is 2. The molecule has 0 fully saturated rings. The zero-order chi connectivity index (χ0) is 24.3. The third kappa shape index (κ3) is 5.54. The van der Waals surface area contributed by atoms with Gasteiger partial charge in [-0.3, -0.25) is 9.59 Å². The topological polar surface area (TPSA) is 109 Å². The van der Waals surface area contributed by atoms with Gasteiger partial charge in [-0.2, -0.15) is 0 Å². The van der Waals surface area contributed by atoms with Crippen molar-refractivity contribution in [1.82, 2.24) is 9.97 Å². The number of hydrogen-bond acceptors (Lipinski definition) is 6. The molecule has 1 amide bonds. The van der Waals surface area contributed by atoms with Crippen LogP contribution in [0.25, 0.3) is 0 Å². The highest BCUT2D eigenvalue weighted by molar-refractivity contribution is 8.00. The van der Waals surface area contributed by atoms with Crippen molar-refractivity contribution in [1.29, 1.82) is 0 Å². The maximum atomic E-state index is 13.0. The number of nitrogens with one attached hydrogen (secondary N) is 2. The first-order valence-electron chi connectivity index (χ1n) is 10.5. The normalized spacial score (nSPS) is 12.4. The van der Waals surface area contributed by atoms with Gasteiger partial charge in [0.25, 0.3) is 5.56 Å². The standard InChI is InChI=1S/C24H27N3O4S2/c1-6-19(22(28)26-18-9-8-15(3)16(4)12-18)32-24-25-13-21(23(29)27-24)33(30,31)20-10-7-14(2)11-17(20)5/h7-13,19H,6H2,1-5H3,(H,26,28)(H,25,27,29). The van der Waals surface area contributed by atoms with Gasteiger partial charge >= 0.3 is 0 Å². The fourth-order valence-corrected chi connectivity index (χ4v) is 5.66. The lowest BCUT2D eigenvalue weighted by molar-refractivity contribution is -0.115. The molecule has 0 bridgehead atoms. The van der Waals surface area contributed by atoms with Gasteiger partial charge in [0.15, 0.2) is 10.1 Å². The molecule has 3 rings (SSSR count). The molecule has 1 aromatic heterocycles. The van der Waals surface area contributed by atoms with Crippen LogP contribution >= 0.6 is 11.8 Å². The smallest absolute Gasteiger partial charge is 0.270 e. The van der Waals surface area contributed by atoms with Gasteiger partial charge in [-0.15, -0.1) is 0 Å². The predicted molar refractivity (Wildman–Crippen MR) is 131 cm³/mol. The first-order valence-corrected chi connectivity index (χ1v) is 12.9. The zero-order valence-electron chi connectivity index (χ0n) is 19.2. The molecule has 0 aliphatic carbocycles. The number of nitrogens with zero attached hydrogens (tertiary/aromatic N) is 1. The summed E-state index contributed by atoms with van der Waals surface area (Å²) >= 11 is 1.08. The minimum Gasteiger partial charge on any atom is -0.325 e. The van der Waals surface area contributed by atoms with Gasteiger partial charge in [0.2, 0.25) is 15.7 Å². The van der Waals surface area contributed by atoms with E-state index in [9.17, 15) is 18.0 Å². The molecule has 0 spiro atoms. The van der Waals surface area contributed by atoms with E-state index in [0.717, 1.165) is 34.6 Å². The van der Waals surface area contributed by atoms with Crippen LogP contribution in [0, 0.1) is 27.7 Å². The number of aromatic nitrogens is 2. The van der Waals surface area contributed by atoms with Crippen LogP contribution in [0.4, 0.5) is 5.69 Å². The fourth-order valence-electron chi connectivity index (χ4n) is 3.34. The Morgan fingerprint density at radius 2 is 1.76 bits per heavy atom. The lowest BCUT2D eigenvalue weighted by Gasteiger charge is -2.15. The number of hydrogen-bond donors (Lipinski definition) is 2. The number of rotatable bonds is 7. The van der Waals surface area contributed by atoms with E-state index in [1.165, 1.54) is 6.07 Å². The summed E-state index contributed by atoms with van der Waals surface area (Å²) in [5.41, 5.74) is 3.61. The molecular weight excluding hydrogens is 458 g/mol. The third-order valence-electron chi connectivity index (χ3n) is 5.34. The molecule has 0 aliphatic rings. The average Bonchev–Trinajstić information content (AvgIpc) is 2.74. The highest BCUT2D eigenvalue weighted by atomic mass is 32.2. The molecule has 0 radical (unpaired) electrons. The predicted octanol–water partition coefficient (Wildman–Crippen LogP) is 4.35. The van der Waals surface area contributed by atoms with Crippen molar-refractivity contribution in [3.05, 3.63) is 75.2 Å². The monoisotopic (exact) mass is 485 g/mol. The number of aryl methyl sites for hydroxylation is 4. The molecule has 2 N–H and O–H groups in total. The Bertz CT molecular complexity index is 1360. The number of anilines is 1. The second kappa shape index (κ2) is 9.93. The molecular formula is C24H27N3O4S2. The number of thioether (sulfide) groups is 1. The summed E-state index contributed by atoms with van der Waals surface area (Å²) < 4.78 is 26.0. The summed E-state index contributed by atoms with van der Waals surface area (Å²) in [7, 11) is -4.03. The van der Waals surface area contributed by atoms with Gasteiger partial charge < -0.3 is 10.3 Å². The molecule has 0 saturated carbocycles. The Morgan fingerprint density at radius 1 is 1.03 bits per heavy atom. The molecule has 1 heterocycles. The minimum atomic E-state index is -4.03. The number of aromatic amines is 1. The van der Waals surface area contributed by atoms with Crippen LogP contribution in [0.2, 0.25) is 0 Å². The quantitative estimate of drug-likeness (QED) is 0.380. The number of sulfone groups is 1. The van der Waals surface area contributed by atoms with E-state index in [0.29, 0.717) is 17.7 Å². The molecule has 33 heavy (non-hydrogen) atoms. The summed E-state index contributed by atoms with van der Waals surface area (Å²) in [6.07, 6.45) is 1.55. The average molecular weight is 486 g/mol. The third-order valence-corrected chi connectivity index (χ3v) is 8.51. The van der Waals surface area contributed by atoms with Crippen LogP contribution < -0.4 is 10.9 Å². The number of H-pyrrole nitrogens is 1. The van der Waals surface area contributed by atoms with Crippen LogP contribution in [-0.4, -0.2) is 29.5 Å². The van der Waals surface area contributed by atoms with Crippen LogP contribution in [0.1, 0.15) is 35.6 Å². The molecule has 0 saturated heterocycles. The van der Waals surface area contributed by atoms with Crippen molar-refractivity contribution in [2.75, 3.05) is 5.32 Å². The Labute approximate surface area is 198 Å². The van der Waals surface area contributed by atoms with Crippen molar-refractivity contribution in [3.8, 4) is 0 Å². The van der Waals surface area contributed by atoms with Crippen molar-refractivity contribution >= 4 is 33.2 Å². The zero-order valence-corrected chi connectivity index (χ0v) is 20.9. The van der Waals surface area contributed by atoms with Gasteiger partial charge in [-0.05, 0) is 69.0 Å². The second-order valence-electron chi connectivity index (χ2n) is 7.96. The largest absolute Gasteiger partial charge is 0.325 e. The van der Waals surface area contributed by atoms with E-state index in [1.807, 2.05) is 45.9 Å². The maximum Gasteiger partial charge on any atom is 0.270 e. The molecule has 3 aromatic rings. The van der Waals surface area contributed by atoms with Crippen molar-refractivity contribution in [2.45, 2.75) is 61.2 Å². The van der Waals surface area contributed by atoms with Gasteiger partial charge in [-0.1, -0.05) is 42.4 Å². The lowest BCUT2D eigenvalue weighted by Crippen LogP contribution is -2.26. The van der Waals surface area contributed by atoms with Crippen LogP contribution in [0.15, 0.2) is 62.3 Å². The second-order valence-corrected chi connectivity index (χ2v) is 11.0. The van der Waals surface area contributed by atoms with Crippen LogP contribution in [-0.2, 0) is 14.6 Å². The lowest BCUT2D eigenvalue weighted by atomic mass is 10.1. The Morgan fingerprint density at radius 3 is 2.36 bits per heavy atom. The molecule has 1 atom stereocenters. The summed E-state index contributed by atoms with van der Waals surface area (Å²) in [5.74, 6) is -0.222. The van der Waals surface area contributed by atoms with E-state index < -0.39 is 25.5 Å². The van der Waals surface area contributed by atoms with Crippen molar-refractivity contribution < 1.29 is 13.2 Å². The highest BCUT2D eigenvalue weighted by Crippen LogP contribution is 2.26. The highest BCUT2D eigenvalue weighted by Gasteiger charge is 2.25. The summed E-state index contributed by atoms with van der Waals surface area (Å²) in [4.78, 5) is 31.7. The summed E-state index contributed by atoms with van der Waals surface area (Å²) in [5, 5.41) is 2.55. The van der Waals surface area contributed by atoms with Gasteiger partial charge in [-0.25, -0.2) is 13.4 Å². The molecule has 0 aliphatic heterocycles. The van der Waals surface area contributed by atoms with E-state index >= 15 is 0 Å². The van der Waals surface area contributed by atoms with Gasteiger partial charge in [0.1, 0.15) is 0 Å². The Hall–Kier alpha value is -2.91. The first-order chi connectivity index (χ1) is 15.5. The number of amides is 1. The summed E-state index contributed by atoms with van der Waals surface area (Å²) in [6.45, 7) is 9.38. The van der Waals surface area contributed by atoms with E-state index in [2.05, 4.69) is 15.3 Å². The minimum absolute atomic E-state index is 0.0695. The molecule has 174 valence electrons. The van der Waals surface area contributed by atoms with E-state index in [1.54, 1.807) is 19.1 Å². The fraction of sp³-hybridized carbons (Fsp3) is 0.292. The van der Waals surface area contributed by atoms with Crippen LogP contribution in [0.3, 0.4) is 0 Å². The molecule has 7 nitrogen and oxygen atoms in total. The van der Waals surface area contributed by atoms with Crippen molar-refractivity contribution in [3.63, 3.8) is 0 Å². The summed E-state index contributed by atoms with van der Waals surface area (Å²) in [6, 6.07) is 10.6.